The van der Waals surface area contributed by atoms with Crippen molar-refractivity contribution in [2.24, 2.45) is 7.05 Å². The van der Waals surface area contributed by atoms with E-state index in [1.807, 2.05) is 7.05 Å². The van der Waals surface area contributed by atoms with Crippen LogP contribution in [0.25, 0.3) is 0 Å². The zero-order valence-electron chi connectivity index (χ0n) is 8.36. The molecule has 1 aliphatic rings. The lowest BCUT2D eigenvalue weighted by atomic mass is 10.1. The van der Waals surface area contributed by atoms with Crippen LogP contribution >= 0.6 is 0 Å². The van der Waals surface area contributed by atoms with Gasteiger partial charge < -0.3 is 9.88 Å². The van der Waals surface area contributed by atoms with Crippen molar-refractivity contribution >= 4 is 5.78 Å². The maximum atomic E-state index is 11.8. The Bertz CT molecular complexity index is 326. The second-order valence-corrected chi connectivity index (χ2v) is 3.78. The monoisotopic (exact) mass is 193 g/mol. The van der Waals surface area contributed by atoms with Crippen LogP contribution in [0.2, 0.25) is 0 Å². The molecule has 1 aliphatic heterocycles. The van der Waals surface area contributed by atoms with Crippen molar-refractivity contribution in [2.75, 3.05) is 6.54 Å². The van der Waals surface area contributed by atoms with Crippen LogP contribution in [-0.2, 0) is 7.05 Å². The van der Waals surface area contributed by atoms with E-state index in [1.54, 1.807) is 17.0 Å². The Kier molecular flexibility index (Phi) is 2.63. The van der Waals surface area contributed by atoms with Crippen LogP contribution in [0.3, 0.4) is 0 Å². The molecule has 0 aliphatic carbocycles. The molecule has 0 amide bonds. The van der Waals surface area contributed by atoms with Crippen molar-refractivity contribution in [3.05, 3.63) is 18.2 Å². The summed E-state index contributed by atoms with van der Waals surface area (Å²) in [6, 6.07) is 0.360. The van der Waals surface area contributed by atoms with E-state index in [0.717, 1.165) is 13.0 Å². The van der Waals surface area contributed by atoms with E-state index in [0.29, 0.717) is 18.3 Å². The van der Waals surface area contributed by atoms with Crippen LogP contribution in [-0.4, -0.2) is 27.9 Å². The van der Waals surface area contributed by atoms with E-state index < -0.39 is 0 Å². The van der Waals surface area contributed by atoms with Gasteiger partial charge in [-0.3, -0.25) is 4.79 Å². The number of hydrogen-bond donors (Lipinski definition) is 1. The summed E-state index contributed by atoms with van der Waals surface area (Å²) in [7, 11) is 1.85. The molecule has 2 rings (SSSR count). The van der Waals surface area contributed by atoms with Gasteiger partial charge in [0, 0.05) is 31.9 Å². The average molecular weight is 193 g/mol. The summed E-state index contributed by atoms with van der Waals surface area (Å²) in [6.45, 7) is 1.04. The SMILES string of the molecule is Cn1ccnc1C(=O)CC1CCCN1. The van der Waals surface area contributed by atoms with E-state index in [1.165, 1.54) is 6.42 Å². The highest BCUT2D eigenvalue weighted by atomic mass is 16.1. The number of aromatic nitrogens is 2. The fourth-order valence-corrected chi connectivity index (χ4v) is 1.88. The summed E-state index contributed by atoms with van der Waals surface area (Å²) < 4.78 is 1.78. The predicted molar refractivity (Wildman–Crippen MR) is 53.2 cm³/mol. The van der Waals surface area contributed by atoms with Gasteiger partial charge in [0.15, 0.2) is 11.6 Å². The summed E-state index contributed by atoms with van der Waals surface area (Å²) in [5.74, 6) is 0.704. The van der Waals surface area contributed by atoms with Gasteiger partial charge in [-0.25, -0.2) is 4.98 Å². The Balaban J connectivity index is 1.98. The second kappa shape index (κ2) is 3.92. The van der Waals surface area contributed by atoms with Crippen molar-refractivity contribution in [1.29, 1.82) is 0 Å². The fraction of sp³-hybridized carbons (Fsp3) is 0.600. The molecule has 0 aromatic carbocycles. The van der Waals surface area contributed by atoms with Gasteiger partial charge in [-0.15, -0.1) is 0 Å². The van der Waals surface area contributed by atoms with E-state index in [4.69, 9.17) is 0 Å². The van der Waals surface area contributed by atoms with Crippen LogP contribution in [0.5, 0.6) is 0 Å². The molecule has 1 N–H and O–H groups in total. The Hall–Kier alpha value is -1.16. The number of nitrogens with zero attached hydrogens (tertiary/aromatic N) is 2. The number of ketones is 1. The van der Waals surface area contributed by atoms with Gasteiger partial charge >= 0.3 is 0 Å². The first kappa shape index (κ1) is 9.40. The Morgan fingerprint density at radius 3 is 3.21 bits per heavy atom. The number of aryl methyl sites for hydroxylation is 1. The van der Waals surface area contributed by atoms with Crippen LogP contribution in [0.15, 0.2) is 12.4 Å². The number of hydrogen-bond acceptors (Lipinski definition) is 3. The van der Waals surface area contributed by atoms with Crippen LogP contribution in [0.1, 0.15) is 29.9 Å². The lowest BCUT2D eigenvalue weighted by molar-refractivity contribution is 0.0958. The normalized spacial score (nSPS) is 21.4. The maximum Gasteiger partial charge on any atom is 0.199 e. The van der Waals surface area contributed by atoms with Crippen LogP contribution in [0.4, 0.5) is 0 Å². The van der Waals surface area contributed by atoms with Crippen molar-refractivity contribution < 1.29 is 4.79 Å². The number of imidazole rings is 1. The van der Waals surface area contributed by atoms with Gasteiger partial charge in [0.25, 0.3) is 0 Å². The summed E-state index contributed by atoms with van der Waals surface area (Å²) in [6.07, 6.45) is 6.32. The zero-order chi connectivity index (χ0) is 9.97. The minimum absolute atomic E-state index is 0.136. The third-order valence-corrected chi connectivity index (χ3v) is 2.66. The molecule has 1 fully saturated rings. The molecule has 4 nitrogen and oxygen atoms in total. The van der Waals surface area contributed by atoms with Gasteiger partial charge in [0.1, 0.15) is 0 Å². The summed E-state index contributed by atoms with van der Waals surface area (Å²) >= 11 is 0. The highest BCUT2D eigenvalue weighted by molar-refractivity contribution is 5.93. The Labute approximate surface area is 83.3 Å². The molecule has 14 heavy (non-hydrogen) atoms. The first-order valence-electron chi connectivity index (χ1n) is 5.01. The van der Waals surface area contributed by atoms with Crippen molar-refractivity contribution in [2.45, 2.75) is 25.3 Å². The molecular weight excluding hydrogens is 178 g/mol. The molecule has 1 aromatic rings. The zero-order valence-corrected chi connectivity index (χ0v) is 8.36. The minimum atomic E-state index is 0.136. The first-order chi connectivity index (χ1) is 6.77. The van der Waals surface area contributed by atoms with E-state index in [-0.39, 0.29) is 5.78 Å². The third kappa shape index (κ3) is 1.85. The van der Waals surface area contributed by atoms with Crippen molar-refractivity contribution in [3.63, 3.8) is 0 Å². The van der Waals surface area contributed by atoms with E-state index in [2.05, 4.69) is 10.3 Å². The topological polar surface area (TPSA) is 46.9 Å². The van der Waals surface area contributed by atoms with Gasteiger partial charge in [-0.05, 0) is 19.4 Å². The molecule has 1 aromatic heterocycles. The quantitative estimate of drug-likeness (QED) is 0.720. The average Bonchev–Trinajstić information content (AvgIpc) is 2.75. The largest absolute Gasteiger partial charge is 0.332 e. The third-order valence-electron chi connectivity index (χ3n) is 2.66. The molecule has 0 saturated carbocycles. The number of carbonyl (C=O) groups is 1. The summed E-state index contributed by atoms with van der Waals surface area (Å²) in [5, 5.41) is 3.31. The predicted octanol–water partition coefficient (Wildman–Crippen LogP) is 0.745. The van der Waals surface area contributed by atoms with E-state index in [9.17, 15) is 4.79 Å². The molecule has 4 heteroatoms. The number of Topliss-reactive ketones (excluding diaryl/α,β-unsaturated/α-hetero) is 1. The van der Waals surface area contributed by atoms with E-state index >= 15 is 0 Å². The van der Waals surface area contributed by atoms with Gasteiger partial charge in [0.2, 0.25) is 0 Å². The summed E-state index contributed by atoms with van der Waals surface area (Å²) in [4.78, 5) is 15.8. The molecule has 1 unspecified atom stereocenters. The number of carbonyl (C=O) groups excluding carboxylic acids is 1. The lowest BCUT2D eigenvalue weighted by Gasteiger charge is -2.08. The first-order valence-corrected chi connectivity index (χ1v) is 5.01. The number of nitrogens with one attached hydrogen (secondary N) is 1. The van der Waals surface area contributed by atoms with Gasteiger partial charge in [0.05, 0.1) is 0 Å². The Morgan fingerprint density at radius 1 is 1.79 bits per heavy atom. The molecule has 76 valence electrons. The maximum absolute atomic E-state index is 11.8. The van der Waals surface area contributed by atoms with Gasteiger partial charge in [-0.1, -0.05) is 0 Å². The van der Waals surface area contributed by atoms with Crippen LogP contribution < -0.4 is 5.32 Å². The van der Waals surface area contributed by atoms with Crippen LogP contribution in [0, 0.1) is 0 Å². The standard InChI is InChI=1S/C10H15N3O/c1-13-6-5-12-10(13)9(14)7-8-3-2-4-11-8/h5-6,8,11H,2-4,7H2,1H3. The number of rotatable bonds is 3. The molecular formula is C10H15N3O. The van der Waals surface area contributed by atoms with Crippen molar-refractivity contribution in [1.82, 2.24) is 14.9 Å². The molecule has 0 radical (unpaired) electrons. The second-order valence-electron chi connectivity index (χ2n) is 3.78. The highest BCUT2D eigenvalue weighted by Gasteiger charge is 2.20. The highest BCUT2D eigenvalue weighted by Crippen LogP contribution is 2.11. The van der Waals surface area contributed by atoms with Crippen molar-refractivity contribution in [3.8, 4) is 0 Å². The lowest BCUT2D eigenvalue weighted by Crippen LogP contribution is -2.25. The molecule has 0 bridgehead atoms. The minimum Gasteiger partial charge on any atom is -0.332 e. The Morgan fingerprint density at radius 2 is 2.64 bits per heavy atom. The fourth-order valence-electron chi connectivity index (χ4n) is 1.88. The molecule has 0 spiro atoms. The summed E-state index contributed by atoms with van der Waals surface area (Å²) in [5.41, 5.74) is 0. The van der Waals surface area contributed by atoms with Gasteiger partial charge in [-0.2, -0.15) is 0 Å². The molecule has 1 saturated heterocycles. The molecule has 2 heterocycles. The molecule has 1 atom stereocenters. The smallest absolute Gasteiger partial charge is 0.199 e.